The highest BCUT2D eigenvalue weighted by atomic mass is 16.5. The van der Waals surface area contributed by atoms with Crippen molar-refractivity contribution in [3.8, 4) is 5.75 Å². The Balaban J connectivity index is 2.62. The first-order chi connectivity index (χ1) is 9.62. The molecule has 1 aromatic rings. The molecule has 0 atom stereocenters. The van der Waals surface area contributed by atoms with Crippen LogP contribution in [0.1, 0.15) is 54.0 Å². The van der Waals surface area contributed by atoms with Gasteiger partial charge in [0.25, 0.3) is 0 Å². The Morgan fingerprint density at radius 2 is 1.67 bits per heavy atom. The van der Waals surface area contributed by atoms with Gasteiger partial charge in [-0.3, -0.25) is 0 Å². The quantitative estimate of drug-likeness (QED) is 0.790. The second-order valence-electron chi connectivity index (χ2n) is 8.22. The van der Waals surface area contributed by atoms with E-state index in [2.05, 4.69) is 78.0 Å². The average Bonchev–Trinajstić information content (AvgIpc) is 2.35. The van der Waals surface area contributed by atoms with Gasteiger partial charge in [0.05, 0.1) is 6.61 Å². The monoisotopic (exact) mass is 291 g/mol. The van der Waals surface area contributed by atoms with Gasteiger partial charge in [-0.2, -0.15) is 0 Å². The van der Waals surface area contributed by atoms with E-state index in [0.29, 0.717) is 5.92 Å². The van der Waals surface area contributed by atoms with Gasteiger partial charge in [0.2, 0.25) is 0 Å². The van der Waals surface area contributed by atoms with Gasteiger partial charge in [-0.1, -0.05) is 66.7 Å². The van der Waals surface area contributed by atoms with Crippen LogP contribution in [0.3, 0.4) is 0 Å². The van der Waals surface area contributed by atoms with Gasteiger partial charge in [-0.05, 0) is 29.5 Å². The molecule has 0 radical (unpaired) electrons. The predicted octanol–water partition coefficient (Wildman–Crippen LogP) is 4.63. The second kappa shape index (κ2) is 7.31. The van der Waals surface area contributed by atoms with Crippen LogP contribution in [-0.2, 0) is 5.41 Å². The van der Waals surface area contributed by atoms with Crippen LogP contribution in [0.4, 0.5) is 0 Å². The third-order valence-electron chi connectivity index (χ3n) is 3.47. The lowest BCUT2D eigenvalue weighted by atomic mass is 9.86. The number of hydrogen-bond acceptors (Lipinski definition) is 2. The molecule has 2 nitrogen and oxygen atoms in total. The van der Waals surface area contributed by atoms with Crippen LogP contribution in [-0.4, -0.2) is 19.7 Å². The number of para-hydroxylation sites is 1. The normalized spacial score (nSPS) is 12.8. The molecule has 120 valence electrons. The molecule has 0 aromatic heterocycles. The summed E-state index contributed by atoms with van der Waals surface area (Å²) in [5.74, 6) is 1.70. The Labute approximate surface area is 131 Å². The van der Waals surface area contributed by atoms with Crippen molar-refractivity contribution >= 4 is 0 Å². The Hall–Kier alpha value is -1.02. The van der Waals surface area contributed by atoms with E-state index in [1.54, 1.807) is 0 Å². The minimum atomic E-state index is 0.108. The fourth-order valence-electron chi connectivity index (χ4n) is 2.24. The molecule has 0 unspecified atom stereocenters. The SMILES string of the molecule is CC(C)CNCC(C)(C)COc1ccccc1C(C)(C)C. The maximum atomic E-state index is 6.15. The molecule has 0 spiro atoms. The largest absolute Gasteiger partial charge is 0.493 e. The first-order valence-corrected chi connectivity index (χ1v) is 8.05. The molecule has 0 bridgehead atoms. The van der Waals surface area contributed by atoms with Crippen LogP contribution in [0.5, 0.6) is 5.75 Å². The molecule has 0 amide bonds. The molecule has 0 saturated heterocycles. The molecule has 1 N–H and O–H groups in total. The molecule has 0 saturated carbocycles. The lowest BCUT2D eigenvalue weighted by Crippen LogP contribution is -2.36. The molecule has 1 aromatic carbocycles. The molecular formula is C19H33NO. The van der Waals surface area contributed by atoms with Crippen LogP contribution >= 0.6 is 0 Å². The van der Waals surface area contributed by atoms with Gasteiger partial charge in [-0.25, -0.2) is 0 Å². The number of benzene rings is 1. The van der Waals surface area contributed by atoms with E-state index < -0.39 is 0 Å². The maximum absolute atomic E-state index is 6.15. The Bertz CT molecular complexity index is 429. The molecular weight excluding hydrogens is 258 g/mol. The van der Waals surface area contributed by atoms with Gasteiger partial charge in [0, 0.05) is 12.0 Å². The van der Waals surface area contributed by atoms with Crippen molar-refractivity contribution in [3.63, 3.8) is 0 Å². The summed E-state index contributed by atoms with van der Waals surface area (Å²) in [4.78, 5) is 0. The standard InChI is InChI=1S/C19H33NO/c1-15(2)12-20-13-19(6,7)14-21-17-11-9-8-10-16(17)18(3,4)5/h8-11,15,20H,12-14H2,1-7H3. The van der Waals surface area contributed by atoms with Crippen molar-refractivity contribution in [2.45, 2.75) is 53.9 Å². The summed E-state index contributed by atoms with van der Waals surface area (Å²) in [5.41, 5.74) is 1.51. The fraction of sp³-hybridized carbons (Fsp3) is 0.684. The summed E-state index contributed by atoms with van der Waals surface area (Å²) in [7, 11) is 0. The molecule has 21 heavy (non-hydrogen) atoms. The smallest absolute Gasteiger partial charge is 0.123 e. The highest BCUT2D eigenvalue weighted by molar-refractivity contribution is 5.38. The first kappa shape index (κ1) is 18.0. The van der Waals surface area contributed by atoms with Crippen LogP contribution in [0.25, 0.3) is 0 Å². The molecule has 0 heterocycles. The van der Waals surface area contributed by atoms with E-state index in [4.69, 9.17) is 4.74 Å². The van der Waals surface area contributed by atoms with Crippen LogP contribution < -0.4 is 10.1 Å². The van der Waals surface area contributed by atoms with Crippen molar-refractivity contribution in [3.05, 3.63) is 29.8 Å². The van der Waals surface area contributed by atoms with E-state index in [0.717, 1.165) is 25.4 Å². The first-order valence-electron chi connectivity index (χ1n) is 8.05. The van der Waals surface area contributed by atoms with Gasteiger partial charge < -0.3 is 10.1 Å². The lowest BCUT2D eigenvalue weighted by Gasteiger charge is -2.28. The lowest BCUT2D eigenvalue weighted by molar-refractivity contribution is 0.172. The zero-order valence-corrected chi connectivity index (χ0v) is 14.9. The van der Waals surface area contributed by atoms with Gasteiger partial charge >= 0.3 is 0 Å². The zero-order chi connectivity index (χ0) is 16.1. The summed E-state index contributed by atoms with van der Waals surface area (Å²) < 4.78 is 6.15. The summed E-state index contributed by atoms with van der Waals surface area (Å²) in [6.07, 6.45) is 0. The summed E-state index contributed by atoms with van der Waals surface area (Å²) in [6, 6.07) is 8.38. The summed E-state index contributed by atoms with van der Waals surface area (Å²) in [6.45, 7) is 18.4. The van der Waals surface area contributed by atoms with Crippen molar-refractivity contribution in [1.29, 1.82) is 0 Å². The fourth-order valence-corrected chi connectivity index (χ4v) is 2.24. The minimum absolute atomic E-state index is 0.108. The number of ether oxygens (including phenoxy) is 1. The second-order valence-corrected chi connectivity index (χ2v) is 8.22. The van der Waals surface area contributed by atoms with Gasteiger partial charge in [-0.15, -0.1) is 0 Å². The Kier molecular flexibility index (Phi) is 6.27. The summed E-state index contributed by atoms with van der Waals surface area (Å²) in [5, 5.41) is 3.53. The van der Waals surface area contributed by atoms with Crippen molar-refractivity contribution in [1.82, 2.24) is 5.32 Å². The van der Waals surface area contributed by atoms with Crippen molar-refractivity contribution in [2.24, 2.45) is 11.3 Å². The van der Waals surface area contributed by atoms with Crippen molar-refractivity contribution in [2.75, 3.05) is 19.7 Å². The molecule has 0 fully saturated rings. The van der Waals surface area contributed by atoms with Crippen LogP contribution in [0, 0.1) is 11.3 Å². The number of hydrogen-bond donors (Lipinski definition) is 1. The van der Waals surface area contributed by atoms with E-state index >= 15 is 0 Å². The maximum Gasteiger partial charge on any atom is 0.123 e. The van der Waals surface area contributed by atoms with Crippen LogP contribution in [0.2, 0.25) is 0 Å². The topological polar surface area (TPSA) is 21.3 Å². The number of rotatable bonds is 7. The number of nitrogens with one attached hydrogen (secondary N) is 1. The molecule has 0 aliphatic rings. The molecule has 2 heteroatoms. The summed E-state index contributed by atoms with van der Waals surface area (Å²) >= 11 is 0. The van der Waals surface area contributed by atoms with Crippen molar-refractivity contribution < 1.29 is 4.74 Å². The van der Waals surface area contributed by atoms with E-state index in [9.17, 15) is 0 Å². The average molecular weight is 291 g/mol. The molecule has 0 aliphatic heterocycles. The van der Waals surface area contributed by atoms with E-state index in [1.165, 1.54) is 5.56 Å². The minimum Gasteiger partial charge on any atom is -0.493 e. The molecule has 1 rings (SSSR count). The van der Waals surface area contributed by atoms with Crippen LogP contribution in [0.15, 0.2) is 24.3 Å². The van der Waals surface area contributed by atoms with Gasteiger partial charge in [0.15, 0.2) is 0 Å². The Morgan fingerprint density at radius 1 is 1.05 bits per heavy atom. The third kappa shape index (κ3) is 6.52. The predicted molar refractivity (Wildman–Crippen MR) is 92.1 cm³/mol. The highest BCUT2D eigenvalue weighted by Crippen LogP contribution is 2.31. The Morgan fingerprint density at radius 3 is 2.24 bits per heavy atom. The van der Waals surface area contributed by atoms with Gasteiger partial charge in [0.1, 0.15) is 5.75 Å². The van der Waals surface area contributed by atoms with E-state index in [1.807, 2.05) is 0 Å². The zero-order valence-electron chi connectivity index (χ0n) is 14.9. The highest BCUT2D eigenvalue weighted by Gasteiger charge is 2.22. The van der Waals surface area contributed by atoms with E-state index in [-0.39, 0.29) is 10.8 Å². The molecule has 0 aliphatic carbocycles. The third-order valence-corrected chi connectivity index (χ3v) is 3.47.